The van der Waals surface area contributed by atoms with Crippen molar-refractivity contribution in [2.24, 2.45) is 0 Å². The van der Waals surface area contributed by atoms with Crippen molar-refractivity contribution in [2.75, 3.05) is 11.9 Å². The van der Waals surface area contributed by atoms with Crippen molar-refractivity contribution in [3.63, 3.8) is 0 Å². The van der Waals surface area contributed by atoms with E-state index in [1.165, 1.54) is 43.3 Å². The molecule has 0 radical (unpaired) electrons. The zero-order valence-electron chi connectivity index (χ0n) is 15.3. The third-order valence-electron chi connectivity index (χ3n) is 3.61. The van der Waals surface area contributed by atoms with Crippen LogP contribution in [0.2, 0.25) is 10.0 Å². The van der Waals surface area contributed by atoms with Crippen molar-refractivity contribution in [3.05, 3.63) is 62.6 Å². The van der Waals surface area contributed by atoms with Crippen LogP contribution in [-0.2, 0) is 24.3 Å². The maximum atomic E-state index is 12.3. The molecule has 0 saturated heterocycles. The van der Waals surface area contributed by atoms with E-state index in [0.29, 0.717) is 0 Å². The molecule has 2 aromatic carbocycles. The average molecular weight is 476 g/mol. The quantitative estimate of drug-likeness (QED) is 0.339. The van der Waals surface area contributed by atoms with Crippen molar-refractivity contribution < 1.29 is 27.7 Å². The Bertz CT molecular complexity index is 1090. The van der Waals surface area contributed by atoms with Crippen molar-refractivity contribution >= 4 is 56.5 Å². The smallest absolute Gasteiger partial charge is 0.324 e. The van der Waals surface area contributed by atoms with Crippen LogP contribution in [0.1, 0.15) is 6.92 Å². The van der Waals surface area contributed by atoms with E-state index in [1.807, 2.05) is 0 Å². The van der Waals surface area contributed by atoms with Gasteiger partial charge in [-0.2, -0.15) is 4.72 Å². The van der Waals surface area contributed by atoms with Gasteiger partial charge in [0.05, 0.1) is 19.9 Å². The lowest BCUT2D eigenvalue weighted by Gasteiger charge is -2.14. The molecule has 0 heterocycles. The van der Waals surface area contributed by atoms with Gasteiger partial charge in [0.15, 0.2) is 6.61 Å². The molecule has 2 rings (SSSR count). The molecule has 0 bridgehead atoms. The number of para-hydroxylation sites is 2. The largest absolute Gasteiger partial charge is 0.454 e. The average Bonchev–Trinajstić information content (AvgIpc) is 2.68. The Morgan fingerprint density at radius 3 is 2.47 bits per heavy atom. The number of ether oxygens (including phenoxy) is 1. The summed E-state index contributed by atoms with van der Waals surface area (Å²) in [6, 6.07) is 7.69. The Morgan fingerprint density at radius 2 is 1.83 bits per heavy atom. The summed E-state index contributed by atoms with van der Waals surface area (Å²) >= 11 is 11.5. The number of nitro groups is 1. The number of nitrogens with one attached hydrogen (secondary N) is 2. The summed E-state index contributed by atoms with van der Waals surface area (Å²) in [6.07, 6.45) is 0. The first kappa shape index (κ1) is 23.5. The first-order valence-corrected chi connectivity index (χ1v) is 10.4. The van der Waals surface area contributed by atoms with E-state index in [1.54, 1.807) is 0 Å². The summed E-state index contributed by atoms with van der Waals surface area (Å²) in [5.74, 6) is -1.87. The third kappa shape index (κ3) is 6.13. The van der Waals surface area contributed by atoms with Crippen LogP contribution in [-0.4, -0.2) is 37.9 Å². The van der Waals surface area contributed by atoms with Crippen LogP contribution in [0.3, 0.4) is 0 Å². The van der Waals surface area contributed by atoms with Crippen molar-refractivity contribution in [1.29, 1.82) is 0 Å². The van der Waals surface area contributed by atoms with Crippen LogP contribution in [0.5, 0.6) is 0 Å². The molecule has 0 aromatic heterocycles. The van der Waals surface area contributed by atoms with Crippen molar-refractivity contribution in [1.82, 2.24) is 4.72 Å². The van der Waals surface area contributed by atoms with Crippen LogP contribution in [0.15, 0.2) is 47.4 Å². The number of halogens is 2. The highest BCUT2D eigenvalue weighted by atomic mass is 35.5. The van der Waals surface area contributed by atoms with Crippen LogP contribution in [0.25, 0.3) is 0 Å². The van der Waals surface area contributed by atoms with E-state index in [9.17, 15) is 28.1 Å². The van der Waals surface area contributed by atoms with E-state index in [4.69, 9.17) is 27.9 Å². The van der Waals surface area contributed by atoms with Crippen LogP contribution >= 0.6 is 23.2 Å². The fourth-order valence-corrected chi connectivity index (χ4v) is 3.76. The Labute approximate surface area is 181 Å². The SMILES string of the molecule is CC(NS(=O)(=O)c1ccc(Cl)c(Cl)c1)C(=O)OCC(=O)Nc1ccccc1[N+](=O)[O-]. The molecule has 13 heteroatoms. The molecular formula is C17H15Cl2N3O7S. The molecule has 2 aromatic rings. The molecule has 0 aliphatic carbocycles. The summed E-state index contributed by atoms with van der Waals surface area (Å²) in [5.41, 5.74) is -0.406. The Kier molecular flexibility index (Phi) is 7.73. The second-order valence-corrected chi connectivity index (χ2v) is 8.38. The third-order valence-corrected chi connectivity index (χ3v) is 5.88. The molecule has 1 amide bonds. The number of hydrogen-bond donors (Lipinski definition) is 2. The number of benzene rings is 2. The Hall–Kier alpha value is -2.73. The minimum absolute atomic E-state index is 0.0152. The number of carbonyl (C=O) groups is 2. The predicted octanol–water partition coefficient (Wildman–Crippen LogP) is 2.75. The minimum Gasteiger partial charge on any atom is -0.454 e. The van der Waals surface area contributed by atoms with Gasteiger partial charge in [-0.3, -0.25) is 19.7 Å². The number of nitrogens with zero attached hydrogens (tertiary/aromatic N) is 1. The number of carbonyl (C=O) groups excluding carboxylic acids is 2. The van der Waals surface area contributed by atoms with Crippen LogP contribution in [0.4, 0.5) is 11.4 Å². The predicted molar refractivity (Wildman–Crippen MR) is 109 cm³/mol. The monoisotopic (exact) mass is 475 g/mol. The normalized spacial score (nSPS) is 12.1. The van der Waals surface area contributed by atoms with Crippen molar-refractivity contribution in [2.45, 2.75) is 17.9 Å². The number of anilines is 1. The lowest BCUT2D eigenvalue weighted by Crippen LogP contribution is -2.40. The second-order valence-electron chi connectivity index (χ2n) is 5.85. The van der Waals surface area contributed by atoms with Gasteiger partial charge < -0.3 is 10.1 Å². The summed E-state index contributed by atoms with van der Waals surface area (Å²) in [5, 5.41) is 13.4. The minimum atomic E-state index is -4.12. The van der Waals surface area contributed by atoms with Gasteiger partial charge in [0.1, 0.15) is 11.7 Å². The summed E-state index contributed by atoms with van der Waals surface area (Å²) in [6.45, 7) is 0.446. The van der Waals surface area contributed by atoms with Gasteiger partial charge in [-0.1, -0.05) is 35.3 Å². The number of esters is 1. The maximum absolute atomic E-state index is 12.3. The van der Waals surface area contributed by atoms with E-state index < -0.39 is 39.5 Å². The number of nitro benzene ring substituents is 1. The van der Waals surface area contributed by atoms with E-state index in [0.717, 1.165) is 6.07 Å². The first-order chi connectivity index (χ1) is 14.0. The molecule has 1 unspecified atom stereocenters. The Morgan fingerprint density at radius 1 is 1.17 bits per heavy atom. The van der Waals surface area contributed by atoms with E-state index >= 15 is 0 Å². The highest BCUT2D eigenvalue weighted by Gasteiger charge is 2.24. The van der Waals surface area contributed by atoms with E-state index in [2.05, 4.69) is 10.0 Å². The zero-order chi connectivity index (χ0) is 22.5. The molecule has 160 valence electrons. The standard InChI is InChI=1S/C17H15Cl2N3O7S/c1-10(21-30(27,28)11-6-7-12(18)13(19)8-11)17(24)29-9-16(23)20-14-4-2-3-5-15(14)22(25)26/h2-8,10,21H,9H2,1H3,(H,20,23). The maximum Gasteiger partial charge on any atom is 0.324 e. The molecule has 1 atom stereocenters. The fourth-order valence-electron chi connectivity index (χ4n) is 2.18. The molecule has 0 aliphatic rings. The molecule has 0 spiro atoms. The van der Waals surface area contributed by atoms with E-state index in [-0.39, 0.29) is 26.3 Å². The van der Waals surface area contributed by atoms with Gasteiger partial charge in [-0.05, 0) is 31.2 Å². The van der Waals surface area contributed by atoms with Gasteiger partial charge in [0.25, 0.3) is 11.6 Å². The summed E-state index contributed by atoms with van der Waals surface area (Å²) in [4.78, 5) is 34.0. The van der Waals surface area contributed by atoms with Crippen LogP contribution in [0, 0.1) is 10.1 Å². The summed E-state index contributed by atoms with van der Waals surface area (Å²) < 4.78 is 31.5. The number of hydrogen-bond acceptors (Lipinski definition) is 7. The van der Waals surface area contributed by atoms with Gasteiger partial charge in [-0.15, -0.1) is 0 Å². The molecule has 0 saturated carbocycles. The van der Waals surface area contributed by atoms with Gasteiger partial charge in [0.2, 0.25) is 10.0 Å². The highest BCUT2D eigenvalue weighted by Crippen LogP contribution is 2.25. The van der Waals surface area contributed by atoms with Gasteiger partial charge in [0, 0.05) is 6.07 Å². The highest BCUT2D eigenvalue weighted by molar-refractivity contribution is 7.89. The van der Waals surface area contributed by atoms with Crippen molar-refractivity contribution in [3.8, 4) is 0 Å². The molecule has 2 N–H and O–H groups in total. The molecule has 30 heavy (non-hydrogen) atoms. The number of sulfonamides is 1. The van der Waals surface area contributed by atoms with Gasteiger partial charge in [-0.25, -0.2) is 8.42 Å². The number of rotatable bonds is 8. The zero-order valence-corrected chi connectivity index (χ0v) is 17.6. The second kappa shape index (κ2) is 9.85. The lowest BCUT2D eigenvalue weighted by atomic mass is 10.2. The summed E-state index contributed by atoms with van der Waals surface area (Å²) in [7, 11) is -4.12. The topological polar surface area (TPSA) is 145 Å². The molecule has 0 aliphatic heterocycles. The number of amides is 1. The molecule has 10 nitrogen and oxygen atoms in total. The molecule has 0 fully saturated rings. The fraction of sp³-hybridized carbons (Fsp3) is 0.176. The Balaban J connectivity index is 1.95. The van der Waals surface area contributed by atoms with Crippen LogP contribution < -0.4 is 10.0 Å². The molecular weight excluding hydrogens is 461 g/mol. The van der Waals surface area contributed by atoms with Gasteiger partial charge >= 0.3 is 5.97 Å². The lowest BCUT2D eigenvalue weighted by molar-refractivity contribution is -0.383. The first-order valence-electron chi connectivity index (χ1n) is 8.18.